The van der Waals surface area contributed by atoms with Crippen LogP contribution in [0, 0.1) is 0 Å². The van der Waals surface area contributed by atoms with Crippen molar-refractivity contribution in [3.05, 3.63) is 70.0 Å². The van der Waals surface area contributed by atoms with E-state index >= 15 is 0 Å². The number of hydrogen-bond acceptors (Lipinski definition) is 5. The van der Waals surface area contributed by atoms with Crippen molar-refractivity contribution in [1.82, 2.24) is 14.8 Å². The van der Waals surface area contributed by atoms with Gasteiger partial charge < -0.3 is 4.74 Å². The number of thioether (sulfide) groups is 1. The van der Waals surface area contributed by atoms with E-state index in [1.165, 1.54) is 11.8 Å². The quantitative estimate of drug-likeness (QED) is 0.319. The number of nitrogens with zero attached hydrogens (tertiary/aromatic N) is 3. The molecule has 8 heteroatoms. The Kier molecular flexibility index (Phi) is 6.13. The maximum Gasteiger partial charge on any atom is 0.192 e. The molecule has 5 nitrogen and oxygen atoms in total. The zero-order valence-electron chi connectivity index (χ0n) is 15.7. The van der Waals surface area contributed by atoms with E-state index in [4.69, 9.17) is 27.9 Å². The molecule has 0 bridgehead atoms. The highest BCUT2D eigenvalue weighted by Gasteiger charge is 2.31. The first-order valence-corrected chi connectivity index (χ1v) is 10.9. The van der Waals surface area contributed by atoms with Gasteiger partial charge >= 0.3 is 0 Å². The molecule has 0 amide bonds. The Hall–Kier alpha value is -2.02. The average Bonchev–Trinajstić information content (AvgIpc) is 3.48. The number of benzene rings is 2. The second-order valence-corrected chi connectivity index (χ2v) is 9.00. The zero-order chi connectivity index (χ0) is 20.4. The van der Waals surface area contributed by atoms with E-state index in [2.05, 4.69) is 14.8 Å². The van der Waals surface area contributed by atoms with Gasteiger partial charge in [0.2, 0.25) is 0 Å². The summed E-state index contributed by atoms with van der Waals surface area (Å²) in [7, 11) is 0. The van der Waals surface area contributed by atoms with Crippen LogP contribution < -0.4 is 4.74 Å². The minimum atomic E-state index is -0.296. The molecule has 1 fully saturated rings. The summed E-state index contributed by atoms with van der Waals surface area (Å²) in [5.41, 5.74) is 0.633. The van der Waals surface area contributed by atoms with Crippen LogP contribution in [0.1, 0.15) is 42.0 Å². The lowest BCUT2D eigenvalue weighted by Crippen LogP contribution is -2.15. The summed E-state index contributed by atoms with van der Waals surface area (Å²) in [4.78, 5) is 12.8. The summed E-state index contributed by atoms with van der Waals surface area (Å²) in [6, 6.07) is 14.6. The van der Waals surface area contributed by atoms with Crippen molar-refractivity contribution in [2.45, 2.75) is 42.8 Å². The molecule has 1 atom stereocenters. The number of rotatable bonds is 8. The molecule has 1 heterocycles. The number of aromatic nitrogens is 3. The number of carbonyl (C=O) groups is 1. The van der Waals surface area contributed by atoms with Crippen molar-refractivity contribution < 1.29 is 9.53 Å². The molecular formula is C21H19Cl2N3O2S. The van der Waals surface area contributed by atoms with Gasteiger partial charge in [-0.05, 0) is 56.2 Å². The summed E-state index contributed by atoms with van der Waals surface area (Å²) in [6.45, 7) is 2.15. The van der Waals surface area contributed by atoms with E-state index in [-0.39, 0.29) is 17.6 Å². The number of carbonyl (C=O) groups excluding carboxylic acids is 1. The molecule has 0 N–H and O–H groups in total. The molecule has 1 aliphatic rings. The molecule has 150 valence electrons. The first kappa shape index (κ1) is 20.3. The monoisotopic (exact) mass is 447 g/mol. The maximum absolute atomic E-state index is 12.8. The van der Waals surface area contributed by atoms with Gasteiger partial charge in [-0.1, -0.05) is 47.1 Å². The van der Waals surface area contributed by atoms with Crippen LogP contribution >= 0.6 is 35.0 Å². The van der Waals surface area contributed by atoms with Crippen molar-refractivity contribution in [1.29, 1.82) is 0 Å². The van der Waals surface area contributed by atoms with Gasteiger partial charge in [-0.25, -0.2) is 0 Å². The molecular weight excluding hydrogens is 429 g/mol. The lowest BCUT2D eigenvalue weighted by atomic mass is 10.1. The molecule has 2 aromatic carbocycles. The van der Waals surface area contributed by atoms with Gasteiger partial charge in [-0.2, -0.15) is 0 Å². The standard InChI is InChI=1S/C21H19Cl2N3O2S/c1-13(20(27)14-6-8-15(22)9-7-14)29-21-25-24-19(26(21)16-10-11-16)12-28-18-5-3-2-4-17(18)23/h2-9,13,16H,10-12H2,1H3. The van der Waals surface area contributed by atoms with Crippen LogP contribution in [0.15, 0.2) is 53.7 Å². The van der Waals surface area contributed by atoms with Gasteiger partial charge in [0.05, 0.1) is 10.3 Å². The van der Waals surface area contributed by atoms with Gasteiger partial charge in [0.15, 0.2) is 16.8 Å². The molecule has 1 aromatic heterocycles. The highest BCUT2D eigenvalue weighted by Crippen LogP contribution is 2.40. The minimum Gasteiger partial charge on any atom is -0.484 e. The van der Waals surface area contributed by atoms with Crippen molar-refractivity contribution in [2.75, 3.05) is 0 Å². The summed E-state index contributed by atoms with van der Waals surface area (Å²) in [6.07, 6.45) is 2.15. The van der Waals surface area contributed by atoms with E-state index in [9.17, 15) is 4.79 Å². The Labute approximate surface area is 183 Å². The summed E-state index contributed by atoms with van der Waals surface area (Å²) in [5.74, 6) is 1.38. The zero-order valence-corrected chi connectivity index (χ0v) is 18.0. The molecule has 0 radical (unpaired) electrons. The lowest BCUT2D eigenvalue weighted by molar-refractivity contribution is 0.0994. The summed E-state index contributed by atoms with van der Waals surface area (Å²) >= 11 is 13.5. The predicted molar refractivity (Wildman–Crippen MR) is 115 cm³/mol. The number of halogens is 2. The maximum atomic E-state index is 12.8. The molecule has 3 aromatic rings. The summed E-state index contributed by atoms with van der Waals surface area (Å²) < 4.78 is 7.93. The van der Waals surface area contributed by atoms with Crippen LogP contribution in [0.5, 0.6) is 5.75 Å². The van der Waals surface area contributed by atoms with E-state index in [1.807, 2.05) is 25.1 Å². The molecule has 0 aliphatic heterocycles. The van der Waals surface area contributed by atoms with E-state index in [1.54, 1.807) is 30.3 Å². The van der Waals surface area contributed by atoms with E-state index < -0.39 is 0 Å². The number of hydrogen-bond donors (Lipinski definition) is 0. The smallest absolute Gasteiger partial charge is 0.192 e. The fraction of sp³-hybridized carbons (Fsp3) is 0.286. The fourth-order valence-electron chi connectivity index (χ4n) is 2.95. The van der Waals surface area contributed by atoms with Gasteiger partial charge in [-0.15, -0.1) is 10.2 Å². The van der Waals surface area contributed by atoms with Crippen LogP contribution in [0.3, 0.4) is 0 Å². The largest absolute Gasteiger partial charge is 0.484 e. The topological polar surface area (TPSA) is 57.0 Å². The normalized spacial score (nSPS) is 14.6. The van der Waals surface area contributed by atoms with Crippen molar-refractivity contribution >= 4 is 40.7 Å². The van der Waals surface area contributed by atoms with Gasteiger partial charge in [-0.3, -0.25) is 9.36 Å². The molecule has 29 heavy (non-hydrogen) atoms. The van der Waals surface area contributed by atoms with Crippen molar-refractivity contribution in [2.24, 2.45) is 0 Å². The molecule has 0 spiro atoms. The van der Waals surface area contributed by atoms with Crippen molar-refractivity contribution in [3.63, 3.8) is 0 Å². The Balaban J connectivity index is 1.48. The Bertz CT molecular complexity index is 1020. The number of ketones is 1. The third-order valence-electron chi connectivity index (χ3n) is 4.62. The van der Waals surface area contributed by atoms with Gasteiger partial charge in [0, 0.05) is 16.6 Å². The highest BCUT2D eigenvalue weighted by atomic mass is 35.5. The second kappa shape index (κ2) is 8.78. The minimum absolute atomic E-state index is 0.0332. The van der Waals surface area contributed by atoms with E-state index in [0.29, 0.717) is 27.4 Å². The Morgan fingerprint density at radius 3 is 2.59 bits per heavy atom. The predicted octanol–water partition coefficient (Wildman–Crippen LogP) is 5.86. The summed E-state index contributed by atoms with van der Waals surface area (Å²) in [5, 5.41) is 10.3. The molecule has 4 rings (SSSR count). The first-order valence-electron chi connectivity index (χ1n) is 9.30. The third-order valence-corrected chi connectivity index (χ3v) is 6.24. The average molecular weight is 448 g/mol. The van der Waals surface area contributed by atoms with Crippen LogP contribution in [0.4, 0.5) is 0 Å². The molecule has 1 aliphatic carbocycles. The van der Waals surface area contributed by atoms with Gasteiger partial charge in [0.1, 0.15) is 12.4 Å². The van der Waals surface area contributed by atoms with E-state index in [0.717, 1.165) is 23.8 Å². The SMILES string of the molecule is CC(Sc1nnc(COc2ccccc2Cl)n1C1CC1)C(=O)c1ccc(Cl)cc1. The van der Waals surface area contributed by atoms with Crippen LogP contribution in [-0.2, 0) is 6.61 Å². The number of para-hydroxylation sites is 1. The van der Waals surface area contributed by atoms with Crippen LogP contribution in [-0.4, -0.2) is 25.8 Å². The van der Waals surface area contributed by atoms with Gasteiger partial charge in [0.25, 0.3) is 0 Å². The number of ether oxygens (including phenoxy) is 1. The molecule has 1 unspecified atom stereocenters. The Morgan fingerprint density at radius 1 is 1.17 bits per heavy atom. The third kappa shape index (κ3) is 4.77. The first-order chi connectivity index (χ1) is 14.0. The van der Waals surface area contributed by atoms with Crippen molar-refractivity contribution in [3.8, 4) is 5.75 Å². The molecule has 0 saturated heterocycles. The Morgan fingerprint density at radius 2 is 1.90 bits per heavy atom. The lowest BCUT2D eigenvalue weighted by Gasteiger charge is -2.13. The van der Waals surface area contributed by atoms with Crippen LogP contribution in [0.25, 0.3) is 0 Å². The highest BCUT2D eigenvalue weighted by molar-refractivity contribution is 8.00. The fourth-order valence-corrected chi connectivity index (χ4v) is 4.28. The van der Waals surface area contributed by atoms with Crippen LogP contribution in [0.2, 0.25) is 10.0 Å². The molecule has 1 saturated carbocycles. The number of Topliss-reactive ketones (excluding diaryl/α,β-unsaturated/α-hetero) is 1. The second-order valence-electron chi connectivity index (χ2n) is 6.85.